The quantitative estimate of drug-likeness (QED) is 0.146. The average molecular weight is 724 g/mol. The SMILES string of the molecule is Cc1nc(C(=O)NC2CCC2)ccc1-c1ccc(C[C@H](N)C(=O)N(C(=O)C2CCC(CNC(=O)OC(C)(C)C)CC2)c2ccc3[nH]c(=O)[nH]c3c2)cc1. The van der Waals surface area contributed by atoms with Gasteiger partial charge in [-0.05, 0) is 120 Å². The number of aromatic nitrogens is 3. The summed E-state index contributed by atoms with van der Waals surface area (Å²) in [5.74, 6) is -1.29. The molecule has 53 heavy (non-hydrogen) atoms. The van der Waals surface area contributed by atoms with E-state index in [1.807, 2.05) is 58.0 Å². The van der Waals surface area contributed by atoms with Gasteiger partial charge >= 0.3 is 11.8 Å². The first kappa shape index (κ1) is 37.5. The fourth-order valence-electron chi connectivity index (χ4n) is 6.99. The van der Waals surface area contributed by atoms with Crippen molar-refractivity contribution >= 4 is 40.5 Å². The minimum absolute atomic E-state index is 0.160. The molecule has 280 valence electrons. The van der Waals surface area contributed by atoms with Gasteiger partial charge in [0.25, 0.3) is 11.8 Å². The number of amides is 4. The third kappa shape index (κ3) is 9.20. The number of fused-ring (bicyclic) bond motifs is 1. The van der Waals surface area contributed by atoms with Crippen molar-refractivity contribution in [2.24, 2.45) is 17.6 Å². The first-order valence-corrected chi connectivity index (χ1v) is 18.4. The van der Waals surface area contributed by atoms with Crippen molar-refractivity contribution in [3.63, 3.8) is 0 Å². The molecule has 13 heteroatoms. The molecule has 2 saturated carbocycles. The molecule has 6 rings (SSSR count). The molecular formula is C40H49N7O6. The lowest BCUT2D eigenvalue weighted by Gasteiger charge is -2.32. The zero-order valence-corrected chi connectivity index (χ0v) is 30.8. The Morgan fingerprint density at radius 2 is 1.64 bits per heavy atom. The summed E-state index contributed by atoms with van der Waals surface area (Å²) in [6.45, 7) is 7.74. The van der Waals surface area contributed by atoms with Crippen molar-refractivity contribution in [1.82, 2.24) is 25.6 Å². The lowest BCUT2D eigenvalue weighted by Crippen LogP contribution is -2.50. The minimum Gasteiger partial charge on any atom is -0.444 e. The number of hydrogen-bond acceptors (Lipinski definition) is 8. The van der Waals surface area contributed by atoms with Crippen LogP contribution < -0.4 is 27.0 Å². The van der Waals surface area contributed by atoms with Gasteiger partial charge < -0.3 is 31.1 Å². The fourth-order valence-corrected chi connectivity index (χ4v) is 6.99. The predicted molar refractivity (Wildman–Crippen MR) is 202 cm³/mol. The minimum atomic E-state index is -1.03. The summed E-state index contributed by atoms with van der Waals surface area (Å²) < 4.78 is 5.35. The van der Waals surface area contributed by atoms with E-state index in [4.69, 9.17) is 10.5 Å². The van der Waals surface area contributed by atoms with E-state index in [0.717, 1.165) is 41.6 Å². The van der Waals surface area contributed by atoms with Crippen LogP contribution >= 0.6 is 0 Å². The van der Waals surface area contributed by atoms with E-state index in [2.05, 4.69) is 25.6 Å². The number of imidazole rings is 1. The maximum atomic E-state index is 14.2. The van der Waals surface area contributed by atoms with E-state index in [0.29, 0.717) is 54.6 Å². The average Bonchev–Trinajstić information content (AvgIpc) is 3.48. The number of nitrogens with two attached hydrogens (primary N) is 1. The molecule has 0 saturated heterocycles. The zero-order valence-electron chi connectivity index (χ0n) is 30.8. The molecule has 0 aliphatic heterocycles. The highest BCUT2D eigenvalue weighted by Gasteiger charge is 2.36. The van der Waals surface area contributed by atoms with Crippen molar-refractivity contribution in [1.29, 1.82) is 0 Å². The molecule has 0 radical (unpaired) electrons. The van der Waals surface area contributed by atoms with Crippen LogP contribution in [-0.4, -0.2) is 63.0 Å². The van der Waals surface area contributed by atoms with Crippen LogP contribution in [0, 0.1) is 18.8 Å². The lowest BCUT2D eigenvalue weighted by molar-refractivity contribution is -0.130. The van der Waals surface area contributed by atoms with Gasteiger partial charge in [0.05, 0.1) is 22.8 Å². The van der Waals surface area contributed by atoms with E-state index in [-0.39, 0.29) is 30.2 Å². The molecule has 2 aliphatic carbocycles. The molecule has 13 nitrogen and oxygen atoms in total. The van der Waals surface area contributed by atoms with Gasteiger partial charge in [-0.3, -0.25) is 14.4 Å². The number of carbonyl (C=O) groups is 4. The predicted octanol–water partition coefficient (Wildman–Crippen LogP) is 5.27. The van der Waals surface area contributed by atoms with E-state index in [1.165, 1.54) is 4.90 Å². The van der Waals surface area contributed by atoms with Crippen LogP contribution in [0.5, 0.6) is 0 Å². The smallest absolute Gasteiger partial charge is 0.407 e. The highest BCUT2D eigenvalue weighted by Crippen LogP contribution is 2.32. The van der Waals surface area contributed by atoms with Crippen LogP contribution in [0.3, 0.4) is 0 Å². The van der Waals surface area contributed by atoms with Gasteiger partial charge in [0.1, 0.15) is 11.3 Å². The number of pyridine rings is 1. The number of aryl methyl sites for hydroxylation is 1. The molecule has 2 aliphatic rings. The molecule has 6 N–H and O–H groups in total. The second kappa shape index (κ2) is 15.7. The van der Waals surface area contributed by atoms with E-state index in [1.54, 1.807) is 24.3 Å². The molecule has 0 unspecified atom stereocenters. The van der Waals surface area contributed by atoms with Crippen LogP contribution in [0.15, 0.2) is 59.4 Å². The number of benzene rings is 2. The molecule has 2 fully saturated rings. The lowest BCUT2D eigenvalue weighted by atomic mass is 9.81. The first-order valence-electron chi connectivity index (χ1n) is 18.4. The molecule has 2 aromatic carbocycles. The second-order valence-electron chi connectivity index (χ2n) is 15.4. The molecule has 2 heterocycles. The van der Waals surface area contributed by atoms with Crippen molar-refractivity contribution in [3.05, 3.63) is 82.0 Å². The Hall–Kier alpha value is -5.30. The van der Waals surface area contributed by atoms with Gasteiger partial charge in [0, 0.05) is 29.8 Å². The third-order valence-electron chi connectivity index (χ3n) is 10.1. The number of nitrogens with zero attached hydrogens (tertiary/aromatic N) is 2. The molecule has 0 spiro atoms. The van der Waals surface area contributed by atoms with Gasteiger partial charge in [-0.2, -0.15) is 0 Å². The topological polar surface area (TPSA) is 192 Å². The number of alkyl carbamates (subject to hydrolysis) is 1. The van der Waals surface area contributed by atoms with Gasteiger partial charge in [0.15, 0.2) is 0 Å². The van der Waals surface area contributed by atoms with Crippen molar-refractivity contribution in [2.75, 3.05) is 11.4 Å². The van der Waals surface area contributed by atoms with E-state index >= 15 is 0 Å². The summed E-state index contributed by atoms with van der Waals surface area (Å²) in [6.07, 6.45) is 5.34. The molecule has 2 aromatic heterocycles. The van der Waals surface area contributed by atoms with Crippen LogP contribution in [0.2, 0.25) is 0 Å². The maximum absolute atomic E-state index is 14.2. The number of H-pyrrole nitrogens is 2. The van der Waals surface area contributed by atoms with Crippen LogP contribution in [0.4, 0.5) is 10.5 Å². The molecule has 4 amide bonds. The van der Waals surface area contributed by atoms with Crippen molar-refractivity contribution < 1.29 is 23.9 Å². The Balaban J connectivity index is 1.13. The Morgan fingerprint density at radius 3 is 2.28 bits per heavy atom. The molecule has 4 aromatic rings. The summed E-state index contributed by atoms with van der Waals surface area (Å²) in [7, 11) is 0. The number of imide groups is 1. The van der Waals surface area contributed by atoms with Gasteiger partial charge in [-0.25, -0.2) is 19.5 Å². The summed E-state index contributed by atoms with van der Waals surface area (Å²) in [5, 5.41) is 5.86. The van der Waals surface area contributed by atoms with Crippen LogP contribution in [0.1, 0.15) is 87.5 Å². The van der Waals surface area contributed by atoms with Crippen molar-refractivity contribution in [2.45, 2.75) is 96.7 Å². The Morgan fingerprint density at radius 1 is 0.943 bits per heavy atom. The number of anilines is 1. The largest absolute Gasteiger partial charge is 0.444 e. The summed E-state index contributed by atoms with van der Waals surface area (Å²) in [5.41, 5.74) is 10.7. The normalized spacial score (nSPS) is 18.1. The number of carbonyl (C=O) groups excluding carboxylic acids is 4. The third-order valence-corrected chi connectivity index (χ3v) is 10.1. The highest BCUT2D eigenvalue weighted by atomic mass is 16.6. The number of rotatable bonds is 10. The summed E-state index contributed by atoms with van der Waals surface area (Å²) >= 11 is 0. The number of hydrogen-bond donors (Lipinski definition) is 5. The van der Waals surface area contributed by atoms with E-state index in [9.17, 15) is 24.0 Å². The highest BCUT2D eigenvalue weighted by molar-refractivity contribution is 6.17. The first-order chi connectivity index (χ1) is 25.2. The molecular weight excluding hydrogens is 674 g/mol. The van der Waals surface area contributed by atoms with Gasteiger partial charge in [-0.1, -0.05) is 30.3 Å². The standard InChI is InChI=1S/C40H49N7O6/c1-23-30(17-19-33(43-23)35(48)44-28-6-5-7-28)26-12-8-24(9-13-26)20-31(41)37(50)47(29-16-18-32-34(21-29)46-38(51)45-32)36(49)27-14-10-25(11-15-27)22-42-39(52)53-40(2,3)4/h8-9,12-13,16-19,21,25,27-28,31H,5-7,10-11,14-15,20,22,41H2,1-4H3,(H,42,52)(H,44,48)(H2,45,46,51)/t25?,27?,31-/m0/s1. The Labute approximate surface area is 308 Å². The number of nitrogens with one attached hydrogen (secondary N) is 4. The van der Waals surface area contributed by atoms with Crippen molar-refractivity contribution in [3.8, 4) is 11.1 Å². The second-order valence-corrected chi connectivity index (χ2v) is 15.4. The van der Waals surface area contributed by atoms with E-state index < -0.39 is 35.3 Å². The van der Waals surface area contributed by atoms with Crippen LogP contribution in [-0.2, 0) is 20.7 Å². The molecule has 0 bridgehead atoms. The molecule has 1 atom stereocenters. The fraction of sp³-hybridized carbons (Fsp3) is 0.450. The Kier molecular flexibility index (Phi) is 11.1. The number of aromatic amines is 2. The summed E-state index contributed by atoms with van der Waals surface area (Å²) in [6, 6.07) is 15.4. The maximum Gasteiger partial charge on any atom is 0.407 e. The van der Waals surface area contributed by atoms with Gasteiger partial charge in [-0.15, -0.1) is 0 Å². The number of ether oxygens (including phenoxy) is 1. The van der Waals surface area contributed by atoms with Crippen LogP contribution in [0.25, 0.3) is 22.2 Å². The Bertz CT molecular complexity index is 2030. The zero-order chi connectivity index (χ0) is 37.9. The summed E-state index contributed by atoms with van der Waals surface area (Å²) in [4.78, 5) is 76.2. The monoisotopic (exact) mass is 723 g/mol. The van der Waals surface area contributed by atoms with Gasteiger partial charge in [0.2, 0.25) is 5.91 Å².